The number of amidine groups is 1. The summed E-state index contributed by atoms with van der Waals surface area (Å²) in [6, 6.07) is 0.0870. The summed E-state index contributed by atoms with van der Waals surface area (Å²) in [6.45, 7) is 1.99. The lowest BCUT2D eigenvalue weighted by atomic mass is 9.86. The Morgan fingerprint density at radius 2 is 2.28 bits per heavy atom. The monoisotopic (exact) mass is 257 g/mol. The molecule has 3 atom stereocenters. The summed E-state index contributed by atoms with van der Waals surface area (Å²) in [5.41, 5.74) is 5.49. The number of nitrogens with zero attached hydrogens (tertiary/aromatic N) is 1. The Hall–Kier alpha value is -1.30. The first-order valence-corrected chi connectivity index (χ1v) is 6.51. The van der Waals surface area contributed by atoms with Crippen LogP contribution in [0.1, 0.15) is 39.0 Å². The number of rotatable bonds is 5. The Morgan fingerprint density at radius 3 is 2.83 bits per heavy atom. The maximum absolute atomic E-state index is 12.0. The molecule has 1 saturated carbocycles. The lowest BCUT2D eigenvalue weighted by Crippen LogP contribution is -2.45. The maximum atomic E-state index is 12.0. The molecule has 0 spiro atoms. The number of nitrogens with two attached hydrogens (primary N) is 1. The van der Waals surface area contributed by atoms with Crippen LogP contribution in [0.5, 0.6) is 0 Å². The number of aliphatic hydroxyl groups excluding tert-OH is 1. The van der Waals surface area contributed by atoms with Crippen LogP contribution in [0.25, 0.3) is 0 Å². The summed E-state index contributed by atoms with van der Waals surface area (Å²) in [5.74, 6) is -0.557. The molecule has 0 aromatic carbocycles. The largest absolute Gasteiger partial charge is 0.409 e. The van der Waals surface area contributed by atoms with E-state index < -0.39 is 5.92 Å². The van der Waals surface area contributed by atoms with Gasteiger partial charge >= 0.3 is 0 Å². The van der Waals surface area contributed by atoms with Crippen molar-refractivity contribution >= 4 is 11.7 Å². The van der Waals surface area contributed by atoms with Gasteiger partial charge in [-0.05, 0) is 31.6 Å². The number of carbonyl (C=O) groups is 1. The predicted molar refractivity (Wildman–Crippen MR) is 68.2 cm³/mol. The molecule has 0 saturated heterocycles. The van der Waals surface area contributed by atoms with E-state index in [0.717, 1.165) is 25.7 Å². The molecule has 0 radical (unpaired) electrons. The van der Waals surface area contributed by atoms with Crippen molar-refractivity contribution in [2.24, 2.45) is 22.7 Å². The van der Waals surface area contributed by atoms with E-state index in [1.807, 2.05) is 6.92 Å². The fourth-order valence-corrected chi connectivity index (χ4v) is 2.49. The average molecular weight is 257 g/mol. The molecule has 18 heavy (non-hydrogen) atoms. The Morgan fingerprint density at radius 1 is 1.56 bits per heavy atom. The van der Waals surface area contributed by atoms with E-state index in [4.69, 9.17) is 16.0 Å². The second-order valence-electron chi connectivity index (χ2n) is 4.91. The van der Waals surface area contributed by atoms with Gasteiger partial charge in [0, 0.05) is 12.6 Å². The highest BCUT2D eigenvalue weighted by atomic mass is 16.4. The molecule has 6 heteroatoms. The third kappa shape index (κ3) is 3.87. The fourth-order valence-electron chi connectivity index (χ4n) is 2.49. The van der Waals surface area contributed by atoms with Gasteiger partial charge in [-0.1, -0.05) is 18.5 Å². The molecule has 0 aromatic rings. The average Bonchev–Trinajstić information content (AvgIpc) is 2.39. The van der Waals surface area contributed by atoms with Crippen molar-refractivity contribution in [2.75, 3.05) is 6.61 Å². The summed E-state index contributed by atoms with van der Waals surface area (Å²) >= 11 is 0. The van der Waals surface area contributed by atoms with Gasteiger partial charge in [0.15, 0.2) is 5.84 Å². The Balaban J connectivity index is 2.52. The smallest absolute Gasteiger partial charge is 0.231 e. The van der Waals surface area contributed by atoms with Gasteiger partial charge < -0.3 is 21.4 Å². The van der Waals surface area contributed by atoms with Crippen LogP contribution in [0.2, 0.25) is 0 Å². The van der Waals surface area contributed by atoms with Gasteiger partial charge in [-0.2, -0.15) is 0 Å². The molecule has 0 heterocycles. The summed E-state index contributed by atoms with van der Waals surface area (Å²) < 4.78 is 0. The third-order valence-corrected chi connectivity index (χ3v) is 3.58. The quantitative estimate of drug-likeness (QED) is 0.248. The van der Waals surface area contributed by atoms with Gasteiger partial charge in [0.25, 0.3) is 0 Å². The second kappa shape index (κ2) is 7.20. The van der Waals surface area contributed by atoms with Crippen molar-refractivity contribution in [2.45, 2.75) is 45.1 Å². The van der Waals surface area contributed by atoms with Crippen molar-refractivity contribution in [3.63, 3.8) is 0 Å². The number of nitrogens with one attached hydrogen (secondary N) is 1. The van der Waals surface area contributed by atoms with E-state index in [2.05, 4.69) is 10.5 Å². The first-order valence-electron chi connectivity index (χ1n) is 6.51. The molecule has 0 bridgehead atoms. The van der Waals surface area contributed by atoms with Crippen LogP contribution in [-0.4, -0.2) is 34.7 Å². The van der Waals surface area contributed by atoms with Crippen LogP contribution in [0.3, 0.4) is 0 Å². The summed E-state index contributed by atoms with van der Waals surface area (Å²) in [6.07, 6.45) is 4.25. The van der Waals surface area contributed by atoms with Gasteiger partial charge in [-0.15, -0.1) is 0 Å². The number of hydrogen-bond acceptors (Lipinski definition) is 4. The predicted octanol–water partition coefficient (Wildman–Crippen LogP) is 0.426. The minimum absolute atomic E-state index is 0.0514. The molecule has 0 aromatic heterocycles. The summed E-state index contributed by atoms with van der Waals surface area (Å²) in [7, 11) is 0. The molecule has 104 valence electrons. The Labute approximate surface area is 107 Å². The van der Waals surface area contributed by atoms with Crippen LogP contribution < -0.4 is 11.1 Å². The standard InChI is InChI=1S/C12H23N3O3/c1-2-10(11(13)15-18)12(17)14-9-5-3-4-8(6-9)7-16/h8-10,16,18H,2-7H2,1H3,(H2,13,15)(H,14,17). The van der Waals surface area contributed by atoms with Crippen molar-refractivity contribution in [3.05, 3.63) is 0 Å². The van der Waals surface area contributed by atoms with Crippen LogP contribution in [0.4, 0.5) is 0 Å². The van der Waals surface area contributed by atoms with Crippen molar-refractivity contribution < 1.29 is 15.1 Å². The summed E-state index contributed by atoms with van der Waals surface area (Å²) in [5, 5.41) is 23.6. The van der Waals surface area contributed by atoms with Crippen molar-refractivity contribution in [1.29, 1.82) is 0 Å². The van der Waals surface area contributed by atoms with E-state index in [9.17, 15) is 4.79 Å². The number of amides is 1. The van der Waals surface area contributed by atoms with Gasteiger partial charge in [0.1, 0.15) is 0 Å². The topological polar surface area (TPSA) is 108 Å². The zero-order chi connectivity index (χ0) is 13.5. The first kappa shape index (κ1) is 14.8. The van der Waals surface area contributed by atoms with Gasteiger partial charge in [0.05, 0.1) is 5.92 Å². The normalized spacial score (nSPS) is 26.7. The van der Waals surface area contributed by atoms with Gasteiger partial charge in [-0.25, -0.2) is 0 Å². The molecule has 1 fully saturated rings. The third-order valence-electron chi connectivity index (χ3n) is 3.58. The van der Waals surface area contributed by atoms with Gasteiger partial charge in [0.2, 0.25) is 5.91 Å². The molecule has 1 amide bonds. The van der Waals surface area contributed by atoms with E-state index in [-0.39, 0.29) is 30.3 Å². The van der Waals surface area contributed by atoms with Crippen LogP contribution in [0.15, 0.2) is 5.16 Å². The highest BCUT2D eigenvalue weighted by Crippen LogP contribution is 2.24. The van der Waals surface area contributed by atoms with Crippen molar-refractivity contribution in [1.82, 2.24) is 5.32 Å². The molecule has 1 aliphatic carbocycles. The number of carbonyl (C=O) groups excluding carboxylic acids is 1. The highest BCUT2D eigenvalue weighted by Gasteiger charge is 2.27. The fraction of sp³-hybridized carbons (Fsp3) is 0.833. The molecule has 0 aliphatic heterocycles. The van der Waals surface area contributed by atoms with Crippen molar-refractivity contribution in [3.8, 4) is 0 Å². The number of aliphatic hydroxyl groups is 1. The number of hydrogen-bond donors (Lipinski definition) is 4. The zero-order valence-corrected chi connectivity index (χ0v) is 10.8. The van der Waals surface area contributed by atoms with Crippen LogP contribution >= 0.6 is 0 Å². The minimum Gasteiger partial charge on any atom is -0.409 e. The second-order valence-corrected chi connectivity index (χ2v) is 4.91. The molecular formula is C12H23N3O3. The highest BCUT2D eigenvalue weighted by molar-refractivity contribution is 6.02. The van der Waals surface area contributed by atoms with E-state index in [1.165, 1.54) is 0 Å². The van der Waals surface area contributed by atoms with E-state index in [1.54, 1.807) is 0 Å². The minimum atomic E-state index is -0.579. The van der Waals surface area contributed by atoms with E-state index >= 15 is 0 Å². The molecule has 3 unspecified atom stereocenters. The molecule has 1 rings (SSSR count). The molecule has 1 aliphatic rings. The first-order chi connectivity index (χ1) is 8.62. The Kier molecular flexibility index (Phi) is 5.91. The number of oxime groups is 1. The Bertz CT molecular complexity index is 307. The summed E-state index contributed by atoms with van der Waals surface area (Å²) in [4.78, 5) is 12.0. The zero-order valence-electron chi connectivity index (χ0n) is 10.8. The van der Waals surface area contributed by atoms with Gasteiger partial charge in [-0.3, -0.25) is 4.79 Å². The van der Waals surface area contributed by atoms with Crippen LogP contribution in [-0.2, 0) is 4.79 Å². The lowest BCUT2D eigenvalue weighted by Gasteiger charge is -2.29. The SMILES string of the molecule is CCC(C(=O)NC1CCCC(CO)C1)C(N)=NO. The molecule has 5 N–H and O–H groups in total. The lowest BCUT2D eigenvalue weighted by molar-refractivity contribution is -0.124. The molecular weight excluding hydrogens is 234 g/mol. The molecule has 6 nitrogen and oxygen atoms in total. The van der Waals surface area contributed by atoms with E-state index in [0.29, 0.717) is 6.42 Å². The maximum Gasteiger partial charge on any atom is 0.231 e. The van der Waals surface area contributed by atoms with Crippen LogP contribution in [0, 0.1) is 11.8 Å².